The number of hydrogen-bond donors (Lipinski definition) is 0. The Morgan fingerprint density at radius 1 is 1.70 bits per heavy atom. The van der Waals surface area contributed by atoms with E-state index in [-0.39, 0.29) is 16.0 Å². The van der Waals surface area contributed by atoms with Crippen molar-refractivity contribution in [3.05, 3.63) is 22.4 Å². The van der Waals surface area contributed by atoms with Crippen LogP contribution in [-0.4, -0.2) is 16.0 Å². The minimum absolute atomic E-state index is 0.0417. The van der Waals surface area contributed by atoms with Crippen LogP contribution in [0.15, 0.2) is 11.4 Å². The Labute approximate surface area is 87.9 Å². The Morgan fingerprint density at radius 3 is 2.50 bits per heavy atom. The summed E-state index contributed by atoms with van der Waals surface area (Å²) >= 11 is 8.21. The number of rotatable bonds is 1. The fraction of sp³-hybridized carbons (Fsp3) is 0.333. The maximum Gasteiger partial charge on any atom is 0.560 e. The van der Waals surface area contributed by atoms with Gasteiger partial charge in [-0.25, -0.2) is 0 Å². The van der Waals surface area contributed by atoms with Gasteiger partial charge in [0.2, 0.25) is 0 Å². The van der Waals surface area contributed by atoms with E-state index >= 15 is 0 Å². The molecule has 1 aromatic rings. The van der Waals surface area contributed by atoms with Gasteiger partial charge in [0.15, 0.2) is 0 Å². The Morgan fingerprint density at radius 2 is 2.30 bits per heavy atom. The molecule has 1 radical (unpaired) electrons. The van der Waals surface area contributed by atoms with Crippen molar-refractivity contribution in [3.8, 4) is 0 Å². The topological polar surface area (TPSA) is 0 Å². The van der Waals surface area contributed by atoms with Crippen molar-refractivity contribution in [1.29, 1.82) is 0 Å². The summed E-state index contributed by atoms with van der Waals surface area (Å²) in [5, 5.41) is 1.98. The van der Waals surface area contributed by atoms with Crippen LogP contribution in [0.1, 0.15) is 11.8 Å². The van der Waals surface area contributed by atoms with E-state index in [9.17, 15) is 0 Å². The summed E-state index contributed by atoms with van der Waals surface area (Å²) in [6, 6.07) is 5.03. The SMILES string of the molecule is CCc1c[c]cs1.[Br][Mg][Br]. The van der Waals surface area contributed by atoms with Gasteiger partial charge in [-0.05, 0) is 23.9 Å². The molecule has 0 spiro atoms. The van der Waals surface area contributed by atoms with Crippen molar-refractivity contribution in [2.75, 3.05) is 0 Å². The molecule has 0 fully saturated rings. The lowest BCUT2D eigenvalue weighted by Gasteiger charge is -1.78. The molecule has 0 aromatic carbocycles. The molecule has 0 atom stereocenters. The van der Waals surface area contributed by atoms with Crippen molar-refractivity contribution in [2.45, 2.75) is 13.3 Å². The minimum atomic E-state index is 0.0417. The maximum absolute atomic E-state index is 3.20. The summed E-state index contributed by atoms with van der Waals surface area (Å²) in [5.74, 6) is 0. The van der Waals surface area contributed by atoms with Crippen LogP contribution in [0.2, 0.25) is 0 Å². The zero-order valence-corrected chi connectivity index (χ0v) is 11.1. The zero-order valence-electron chi connectivity index (χ0n) is 5.73. The molecule has 1 heterocycles. The molecular formula is C6H7Br2MgS. The third-order valence-electron chi connectivity index (χ3n) is 0.871. The zero-order chi connectivity index (χ0) is 7.82. The van der Waals surface area contributed by atoms with Gasteiger partial charge < -0.3 is 0 Å². The molecule has 0 N–H and O–H groups in total. The van der Waals surface area contributed by atoms with E-state index in [2.05, 4.69) is 38.8 Å². The van der Waals surface area contributed by atoms with Gasteiger partial charge in [0, 0.05) is 4.88 Å². The third-order valence-corrected chi connectivity index (χ3v) is 1.83. The molecule has 1 aromatic heterocycles. The predicted octanol–water partition coefficient (Wildman–Crippen LogP) is 3.42. The average molecular weight is 295 g/mol. The molecule has 0 saturated heterocycles. The molecular weight excluding hydrogens is 288 g/mol. The van der Waals surface area contributed by atoms with Crippen LogP contribution in [0.25, 0.3) is 0 Å². The maximum atomic E-state index is 3.20. The number of halogens is 2. The predicted molar refractivity (Wildman–Crippen MR) is 56.1 cm³/mol. The van der Waals surface area contributed by atoms with Crippen LogP contribution in [0.4, 0.5) is 0 Å². The van der Waals surface area contributed by atoms with Gasteiger partial charge in [0.1, 0.15) is 0 Å². The summed E-state index contributed by atoms with van der Waals surface area (Å²) in [7, 11) is 0. The molecule has 0 aliphatic rings. The lowest BCUT2D eigenvalue weighted by atomic mass is 10.4. The minimum Gasteiger partial charge on any atom is -0.280 e. The average Bonchev–Trinajstić information content (AvgIpc) is 2.39. The fourth-order valence-corrected chi connectivity index (χ4v) is 1.05. The summed E-state index contributed by atoms with van der Waals surface area (Å²) < 4.78 is 0. The molecule has 0 unspecified atom stereocenters. The van der Waals surface area contributed by atoms with Crippen LogP contribution in [0.5, 0.6) is 0 Å². The molecule has 0 amide bonds. The van der Waals surface area contributed by atoms with E-state index in [4.69, 9.17) is 0 Å². The Balaban J connectivity index is 0.000000236. The smallest absolute Gasteiger partial charge is 0.280 e. The van der Waals surface area contributed by atoms with Gasteiger partial charge in [-0.1, -0.05) is 6.92 Å². The lowest BCUT2D eigenvalue weighted by Crippen LogP contribution is -1.63. The molecule has 53 valence electrons. The second kappa shape index (κ2) is 8.52. The van der Waals surface area contributed by atoms with Gasteiger partial charge in [0.25, 0.3) is 0 Å². The quantitative estimate of drug-likeness (QED) is 0.696. The first-order valence-corrected chi connectivity index (χ1v) is 11.6. The van der Waals surface area contributed by atoms with Gasteiger partial charge in [-0.2, -0.15) is 0 Å². The second-order valence-corrected chi connectivity index (χ2v) is 10.5. The highest BCUT2D eigenvalue weighted by molar-refractivity contribution is 9.47. The van der Waals surface area contributed by atoms with E-state index in [1.807, 2.05) is 11.4 Å². The largest absolute Gasteiger partial charge is 0.560 e. The van der Waals surface area contributed by atoms with Crippen molar-refractivity contribution in [3.63, 3.8) is 0 Å². The first-order valence-electron chi connectivity index (χ1n) is 2.90. The van der Waals surface area contributed by atoms with Crippen LogP contribution in [-0.2, 0) is 6.42 Å². The molecule has 0 saturated carbocycles. The normalized spacial score (nSPS) is 7.50. The molecule has 1 rings (SSSR count). The van der Waals surface area contributed by atoms with Crippen molar-refractivity contribution >= 4 is 53.1 Å². The summed E-state index contributed by atoms with van der Waals surface area (Å²) in [6.07, 6.45) is 1.15. The van der Waals surface area contributed by atoms with E-state index in [0.29, 0.717) is 0 Å². The van der Waals surface area contributed by atoms with Crippen LogP contribution >= 0.6 is 37.1 Å². The van der Waals surface area contributed by atoms with Crippen LogP contribution in [0.3, 0.4) is 0 Å². The molecule has 0 aliphatic carbocycles. The van der Waals surface area contributed by atoms with Gasteiger partial charge in [-0.15, -0.1) is 11.3 Å². The Bertz CT molecular complexity index is 141. The van der Waals surface area contributed by atoms with Gasteiger partial charge >= 0.3 is 16.0 Å². The monoisotopic (exact) mass is 293 g/mol. The summed E-state index contributed by atoms with van der Waals surface area (Å²) in [4.78, 5) is 1.42. The number of aryl methyl sites for hydroxylation is 1. The van der Waals surface area contributed by atoms with E-state index in [1.165, 1.54) is 4.88 Å². The van der Waals surface area contributed by atoms with Crippen LogP contribution < -0.4 is 0 Å². The van der Waals surface area contributed by atoms with Gasteiger partial charge in [-0.3, -0.25) is 25.8 Å². The standard InChI is InChI=1S/C6H7S.2BrH.Mg/c1-2-6-4-3-5-7-6;;;/h4-5H,2H2,1H3;2*1H;/q;;;+2/p-2. The molecule has 10 heavy (non-hydrogen) atoms. The fourth-order valence-electron chi connectivity index (χ4n) is 0.456. The van der Waals surface area contributed by atoms with E-state index < -0.39 is 0 Å². The lowest BCUT2D eigenvalue weighted by molar-refractivity contribution is 1.19. The van der Waals surface area contributed by atoms with E-state index in [0.717, 1.165) is 6.42 Å². The Hall–Kier alpha value is 1.43. The molecule has 4 heteroatoms. The first-order chi connectivity index (χ1) is 4.85. The molecule has 0 nitrogen and oxygen atoms in total. The van der Waals surface area contributed by atoms with Crippen molar-refractivity contribution in [2.24, 2.45) is 0 Å². The highest BCUT2D eigenvalue weighted by atomic mass is 79.9. The third kappa shape index (κ3) is 6.16. The second-order valence-electron chi connectivity index (χ2n) is 1.47. The molecule has 0 bridgehead atoms. The van der Waals surface area contributed by atoms with E-state index in [1.54, 1.807) is 11.3 Å². The summed E-state index contributed by atoms with van der Waals surface area (Å²) in [6.45, 7) is 2.15. The summed E-state index contributed by atoms with van der Waals surface area (Å²) in [5.41, 5.74) is 0. The first kappa shape index (κ1) is 11.4. The Kier molecular flexibility index (Phi) is 9.74. The van der Waals surface area contributed by atoms with Crippen molar-refractivity contribution < 1.29 is 0 Å². The highest BCUT2D eigenvalue weighted by Gasteiger charge is 1.83. The molecule has 0 aliphatic heterocycles. The number of thiophene rings is 1. The highest BCUT2D eigenvalue weighted by Crippen LogP contribution is 2.06. The van der Waals surface area contributed by atoms with Crippen LogP contribution in [0, 0.1) is 6.07 Å². The van der Waals surface area contributed by atoms with Gasteiger partial charge in [0.05, 0.1) is 0 Å². The van der Waals surface area contributed by atoms with Crippen molar-refractivity contribution in [1.82, 2.24) is 0 Å². The number of hydrogen-bond acceptors (Lipinski definition) is 1.